The molecule has 20 heavy (non-hydrogen) atoms. The average molecular weight is 291 g/mol. The van der Waals surface area contributed by atoms with Gasteiger partial charge in [0.15, 0.2) is 0 Å². The fourth-order valence-electron chi connectivity index (χ4n) is 2.24. The zero-order valence-corrected chi connectivity index (χ0v) is 11.2. The highest BCUT2D eigenvalue weighted by atomic mass is 32.2. The molecule has 5 heteroatoms. The van der Waals surface area contributed by atoms with Crippen LogP contribution in [-0.4, -0.2) is 11.7 Å². The molecule has 1 fully saturated rings. The summed E-state index contributed by atoms with van der Waals surface area (Å²) >= 11 is 1.30. The van der Waals surface area contributed by atoms with E-state index < -0.39 is 11.2 Å². The van der Waals surface area contributed by atoms with Crippen molar-refractivity contribution in [3.05, 3.63) is 65.7 Å². The summed E-state index contributed by atoms with van der Waals surface area (Å²) in [5, 5.41) is -0.527. The van der Waals surface area contributed by atoms with Gasteiger partial charge >= 0.3 is 0 Å². The maximum absolute atomic E-state index is 13.9. The summed E-state index contributed by atoms with van der Waals surface area (Å²) in [5.41, 5.74) is 0.586. The third-order valence-corrected chi connectivity index (χ3v) is 4.35. The third kappa shape index (κ3) is 2.18. The summed E-state index contributed by atoms with van der Waals surface area (Å²) in [6.45, 7) is 0. The molecule has 0 saturated carbocycles. The van der Waals surface area contributed by atoms with Gasteiger partial charge in [-0.25, -0.2) is 8.78 Å². The van der Waals surface area contributed by atoms with Crippen molar-refractivity contribution in [1.82, 2.24) is 0 Å². The zero-order valence-electron chi connectivity index (χ0n) is 10.4. The molecule has 1 heterocycles. The lowest BCUT2D eigenvalue weighted by Gasteiger charge is -2.24. The molecular weight excluding hydrogens is 280 g/mol. The summed E-state index contributed by atoms with van der Waals surface area (Å²) in [4.78, 5) is 13.4. The van der Waals surface area contributed by atoms with Crippen LogP contribution in [0, 0.1) is 11.6 Å². The Bertz CT molecular complexity index is 662. The summed E-state index contributed by atoms with van der Waals surface area (Å²) in [6.07, 6.45) is 0. The van der Waals surface area contributed by atoms with E-state index in [1.807, 2.05) is 0 Å². The van der Waals surface area contributed by atoms with Crippen LogP contribution in [0.4, 0.5) is 14.5 Å². The van der Waals surface area contributed by atoms with E-state index in [0.29, 0.717) is 5.56 Å². The van der Waals surface area contributed by atoms with Crippen molar-refractivity contribution in [2.45, 2.75) is 5.37 Å². The Morgan fingerprint density at radius 3 is 2.35 bits per heavy atom. The van der Waals surface area contributed by atoms with Crippen molar-refractivity contribution >= 4 is 23.4 Å². The number of benzene rings is 2. The number of thioether (sulfide) groups is 1. The first-order valence-electron chi connectivity index (χ1n) is 6.11. The lowest BCUT2D eigenvalue weighted by atomic mass is 10.1. The molecule has 3 rings (SSSR count). The van der Waals surface area contributed by atoms with Crippen LogP contribution in [0.15, 0.2) is 48.5 Å². The van der Waals surface area contributed by atoms with Crippen LogP contribution in [0.2, 0.25) is 0 Å². The van der Waals surface area contributed by atoms with E-state index in [4.69, 9.17) is 0 Å². The molecule has 1 atom stereocenters. The van der Waals surface area contributed by atoms with E-state index in [1.165, 1.54) is 34.9 Å². The molecule has 2 aromatic carbocycles. The first kappa shape index (κ1) is 13.1. The smallest absolute Gasteiger partial charge is 0.238 e. The van der Waals surface area contributed by atoms with E-state index in [1.54, 1.807) is 30.3 Å². The van der Waals surface area contributed by atoms with E-state index in [2.05, 4.69) is 0 Å². The number of hydrogen-bond donors (Lipinski definition) is 0. The molecule has 0 unspecified atom stereocenters. The van der Waals surface area contributed by atoms with Gasteiger partial charge in [0.1, 0.15) is 17.0 Å². The Morgan fingerprint density at radius 1 is 1.00 bits per heavy atom. The highest BCUT2D eigenvalue weighted by molar-refractivity contribution is 8.00. The molecule has 1 aliphatic heterocycles. The molecule has 1 saturated heterocycles. The number of nitrogens with zero attached hydrogens (tertiary/aromatic N) is 1. The number of rotatable bonds is 2. The molecule has 102 valence electrons. The van der Waals surface area contributed by atoms with Crippen molar-refractivity contribution in [2.24, 2.45) is 0 Å². The Labute approximate surface area is 119 Å². The molecule has 1 amide bonds. The number of amides is 1. The number of anilines is 1. The van der Waals surface area contributed by atoms with Gasteiger partial charge in [-0.15, -0.1) is 11.8 Å². The van der Waals surface area contributed by atoms with E-state index in [0.717, 1.165) is 0 Å². The number of para-hydroxylation sites is 1. The highest BCUT2D eigenvalue weighted by Gasteiger charge is 2.36. The first-order chi connectivity index (χ1) is 9.68. The molecule has 2 aromatic rings. The third-order valence-electron chi connectivity index (χ3n) is 3.15. The second-order valence-corrected chi connectivity index (χ2v) is 5.47. The SMILES string of the molecule is O=C1CS[C@@H](c2ccccc2F)N1c1ccccc1F. The second-order valence-electron chi connectivity index (χ2n) is 4.40. The predicted octanol–water partition coefficient (Wildman–Crippen LogP) is 3.74. The molecule has 0 aromatic heterocycles. The normalized spacial score (nSPS) is 18.6. The van der Waals surface area contributed by atoms with Gasteiger partial charge in [-0.1, -0.05) is 30.3 Å². The number of hydrogen-bond acceptors (Lipinski definition) is 2. The Hall–Kier alpha value is -1.88. The zero-order chi connectivity index (χ0) is 14.1. The Balaban J connectivity index is 2.06. The minimum absolute atomic E-state index is 0.191. The van der Waals surface area contributed by atoms with Gasteiger partial charge < -0.3 is 0 Å². The maximum Gasteiger partial charge on any atom is 0.238 e. The number of carbonyl (C=O) groups excluding carboxylic acids is 1. The Kier molecular flexibility index (Phi) is 3.44. The van der Waals surface area contributed by atoms with Crippen LogP contribution in [0.5, 0.6) is 0 Å². The molecule has 0 spiro atoms. The second kappa shape index (κ2) is 5.25. The van der Waals surface area contributed by atoms with Gasteiger partial charge in [-0.2, -0.15) is 0 Å². The van der Waals surface area contributed by atoms with Crippen LogP contribution in [0.3, 0.4) is 0 Å². The molecule has 0 aliphatic carbocycles. The van der Waals surface area contributed by atoms with Gasteiger partial charge in [0.25, 0.3) is 0 Å². The van der Waals surface area contributed by atoms with Crippen molar-refractivity contribution in [2.75, 3.05) is 10.7 Å². The quantitative estimate of drug-likeness (QED) is 0.840. The monoisotopic (exact) mass is 291 g/mol. The van der Waals surface area contributed by atoms with Crippen molar-refractivity contribution in [1.29, 1.82) is 0 Å². The van der Waals surface area contributed by atoms with Gasteiger partial charge in [0.2, 0.25) is 5.91 Å². The number of halogens is 2. The van der Waals surface area contributed by atoms with E-state index in [-0.39, 0.29) is 23.2 Å². The van der Waals surface area contributed by atoms with Crippen molar-refractivity contribution in [3.8, 4) is 0 Å². The van der Waals surface area contributed by atoms with Crippen molar-refractivity contribution < 1.29 is 13.6 Å². The summed E-state index contributed by atoms with van der Waals surface area (Å²) < 4.78 is 27.8. The predicted molar refractivity (Wildman–Crippen MR) is 75.5 cm³/mol. The summed E-state index contributed by atoms with van der Waals surface area (Å²) in [5.74, 6) is -0.869. The van der Waals surface area contributed by atoms with Crippen molar-refractivity contribution in [3.63, 3.8) is 0 Å². The van der Waals surface area contributed by atoms with E-state index >= 15 is 0 Å². The van der Waals surface area contributed by atoms with Crippen LogP contribution in [0.1, 0.15) is 10.9 Å². The van der Waals surface area contributed by atoms with Crippen LogP contribution >= 0.6 is 11.8 Å². The van der Waals surface area contributed by atoms with Crippen LogP contribution < -0.4 is 4.90 Å². The van der Waals surface area contributed by atoms with Gasteiger partial charge in [-0.3, -0.25) is 9.69 Å². The van der Waals surface area contributed by atoms with Crippen LogP contribution in [0.25, 0.3) is 0 Å². The molecule has 2 nitrogen and oxygen atoms in total. The summed E-state index contributed by atoms with van der Waals surface area (Å²) in [7, 11) is 0. The highest BCUT2D eigenvalue weighted by Crippen LogP contribution is 2.43. The lowest BCUT2D eigenvalue weighted by Crippen LogP contribution is -2.29. The fraction of sp³-hybridized carbons (Fsp3) is 0.133. The molecule has 0 radical (unpaired) electrons. The first-order valence-corrected chi connectivity index (χ1v) is 7.16. The minimum atomic E-state index is -0.527. The largest absolute Gasteiger partial charge is 0.292 e. The van der Waals surface area contributed by atoms with Crippen LogP contribution in [-0.2, 0) is 4.79 Å². The van der Waals surface area contributed by atoms with Gasteiger partial charge in [-0.05, 0) is 18.2 Å². The average Bonchev–Trinajstić information content (AvgIpc) is 2.82. The van der Waals surface area contributed by atoms with Gasteiger partial charge in [0, 0.05) is 5.56 Å². The number of carbonyl (C=O) groups is 1. The molecule has 0 N–H and O–H groups in total. The van der Waals surface area contributed by atoms with Gasteiger partial charge in [0.05, 0.1) is 11.4 Å². The molecule has 1 aliphatic rings. The standard InChI is InChI=1S/C15H11F2NOS/c16-11-6-2-1-5-10(11)15-18(14(19)9-20-15)13-8-4-3-7-12(13)17/h1-8,15H,9H2/t15-/m0/s1. The topological polar surface area (TPSA) is 20.3 Å². The fourth-order valence-corrected chi connectivity index (χ4v) is 3.43. The minimum Gasteiger partial charge on any atom is -0.292 e. The Morgan fingerprint density at radius 2 is 1.65 bits per heavy atom. The molecular formula is C15H11F2NOS. The molecule has 0 bridgehead atoms. The van der Waals surface area contributed by atoms with E-state index in [9.17, 15) is 13.6 Å². The summed E-state index contributed by atoms with van der Waals surface area (Å²) in [6, 6.07) is 12.3. The lowest BCUT2D eigenvalue weighted by molar-refractivity contribution is -0.115. The maximum atomic E-state index is 13.9.